The van der Waals surface area contributed by atoms with E-state index in [9.17, 15) is 9.59 Å². The zero-order valence-electron chi connectivity index (χ0n) is 14.0. The molecule has 2 amide bonds. The highest BCUT2D eigenvalue weighted by Crippen LogP contribution is 2.34. The number of amides is 2. The van der Waals surface area contributed by atoms with Gasteiger partial charge in [0.25, 0.3) is 11.8 Å². The van der Waals surface area contributed by atoms with E-state index < -0.39 is 6.10 Å². The van der Waals surface area contributed by atoms with Gasteiger partial charge in [-0.3, -0.25) is 9.59 Å². The molecule has 0 saturated carbocycles. The molecule has 0 radical (unpaired) electrons. The molecule has 2 heterocycles. The van der Waals surface area contributed by atoms with Gasteiger partial charge in [0.1, 0.15) is 0 Å². The van der Waals surface area contributed by atoms with Crippen LogP contribution in [-0.4, -0.2) is 49.5 Å². The molecule has 3 rings (SSSR count). The number of piperidine rings is 1. The van der Waals surface area contributed by atoms with E-state index in [1.165, 1.54) is 0 Å². The second-order valence-electron chi connectivity index (χ2n) is 6.25. The van der Waals surface area contributed by atoms with Crippen LogP contribution in [0, 0.1) is 5.92 Å². The van der Waals surface area contributed by atoms with E-state index in [4.69, 9.17) is 4.74 Å². The van der Waals surface area contributed by atoms with Gasteiger partial charge in [0.15, 0.2) is 11.9 Å². The van der Waals surface area contributed by atoms with Gasteiger partial charge in [-0.1, -0.05) is 6.07 Å². The van der Waals surface area contributed by atoms with Crippen molar-refractivity contribution in [2.24, 2.45) is 5.92 Å². The minimum atomic E-state index is -0.588. The molecule has 2 unspecified atom stereocenters. The number of hydrogen-bond acceptors (Lipinski definition) is 4. The van der Waals surface area contributed by atoms with Gasteiger partial charge in [-0.2, -0.15) is 0 Å². The van der Waals surface area contributed by atoms with Gasteiger partial charge < -0.3 is 20.3 Å². The molecule has 0 aromatic heterocycles. The molecule has 2 aliphatic rings. The molecular formula is C17H24ClN3O3. The molecular weight excluding hydrogens is 330 g/mol. The lowest BCUT2D eigenvalue weighted by Crippen LogP contribution is -2.43. The number of nitrogens with zero attached hydrogens (tertiary/aromatic N) is 1. The fourth-order valence-electron chi connectivity index (χ4n) is 3.27. The van der Waals surface area contributed by atoms with Crippen LogP contribution in [-0.2, 0) is 4.79 Å². The Hall–Kier alpha value is -1.79. The second kappa shape index (κ2) is 7.85. The summed E-state index contributed by atoms with van der Waals surface area (Å²) in [5.74, 6) is 0.761. The molecule has 132 valence electrons. The van der Waals surface area contributed by atoms with E-state index in [0.717, 1.165) is 32.5 Å². The number of carbonyl (C=O) groups is 2. The molecule has 2 atom stereocenters. The minimum Gasteiger partial charge on any atom is -0.478 e. The Morgan fingerprint density at radius 2 is 2.25 bits per heavy atom. The van der Waals surface area contributed by atoms with Gasteiger partial charge in [0.05, 0.1) is 11.3 Å². The molecule has 0 aliphatic carbocycles. The van der Waals surface area contributed by atoms with E-state index in [0.29, 0.717) is 22.9 Å². The first-order valence-electron chi connectivity index (χ1n) is 8.14. The number of fused-ring (bicyclic) bond motifs is 1. The van der Waals surface area contributed by atoms with E-state index in [1.54, 1.807) is 25.1 Å². The maximum absolute atomic E-state index is 12.9. The van der Waals surface area contributed by atoms with Crippen LogP contribution in [0.5, 0.6) is 5.75 Å². The predicted molar refractivity (Wildman–Crippen MR) is 95.0 cm³/mol. The number of para-hydroxylation sites is 1. The minimum absolute atomic E-state index is 0. The summed E-state index contributed by atoms with van der Waals surface area (Å²) >= 11 is 0. The predicted octanol–water partition coefficient (Wildman–Crippen LogP) is 1.90. The van der Waals surface area contributed by atoms with Crippen LogP contribution in [0.1, 0.15) is 30.1 Å². The lowest BCUT2D eigenvalue weighted by Gasteiger charge is -2.34. The average Bonchev–Trinajstić information content (AvgIpc) is 2.55. The molecule has 6 nitrogen and oxygen atoms in total. The zero-order chi connectivity index (χ0) is 16.4. The van der Waals surface area contributed by atoms with Gasteiger partial charge >= 0.3 is 0 Å². The Kier molecular flexibility index (Phi) is 6.07. The molecule has 7 heteroatoms. The number of likely N-dealkylation sites (tertiary alicyclic amines) is 1. The highest BCUT2D eigenvalue weighted by molar-refractivity contribution is 6.04. The Bertz CT molecular complexity index is 621. The third-order valence-corrected chi connectivity index (χ3v) is 4.47. The highest BCUT2D eigenvalue weighted by Gasteiger charge is 2.31. The van der Waals surface area contributed by atoms with Crippen molar-refractivity contribution in [3.05, 3.63) is 23.8 Å². The molecule has 1 saturated heterocycles. The number of hydrogen-bond donors (Lipinski definition) is 2. The monoisotopic (exact) mass is 353 g/mol. The van der Waals surface area contributed by atoms with Crippen LogP contribution in [0.25, 0.3) is 0 Å². The number of ether oxygens (including phenoxy) is 1. The SMILES string of the molecule is CNCC1CCCN(C(=O)c2cccc3c2OC(C)C(=O)N3)C1.Cl. The molecule has 1 aromatic carbocycles. The zero-order valence-corrected chi connectivity index (χ0v) is 14.8. The summed E-state index contributed by atoms with van der Waals surface area (Å²) in [5.41, 5.74) is 1.10. The Morgan fingerprint density at radius 1 is 1.46 bits per heavy atom. The smallest absolute Gasteiger partial charge is 0.265 e. The summed E-state index contributed by atoms with van der Waals surface area (Å²) in [6.45, 7) is 4.12. The number of nitrogens with one attached hydrogen (secondary N) is 2. The third-order valence-electron chi connectivity index (χ3n) is 4.47. The normalized spacial score (nSPS) is 22.8. The van der Waals surface area contributed by atoms with Crippen molar-refractivity contribution in [2.75, 3.05) is 32.0 Å². The van der Waals surface area contributed by atoms with Gasteiger partial charge in [-0.15, -0.1) is 12.4 Å². The summed E-state index contributed by atoms with van der Waals surface area (Å²) in [6.07, 6.45) is 1.57. The fourth-order valence-corrected chi connectivity index (χ4v) is 3.27. The topological polar surface area (TPSA) is 70.7 Å². The van der Waals surface area contributed by atoms with Crippen LogP contribution in [0.15, 0.2) is 18.2 Å². The number of anilines is 1. The molecule has 0 spiro atoms. The van der Waals surface area contributed by atoms with Crippen LogP contribution in [0.4, 0.5) is 5.69 Å². The summed E-state index contributed by atoms with van der Waals surface area (Å²) in [4.78, 5) is 26.5. The summed E-state index contributed by atoms with van der Waals surface area (Å²) in [5, 5.41) is 5.98. The summed E-state index contributed by atoms with van der Waals surface area (Å²) in [7, 11) is 1.94. The van der Waals surface area contributed by atoms with E-state index >= 15 is 0 Å². The van der Waals surface area contributed by atoms with E-state index in [-0.39, 0.29) is 24.2 Å². The molecule has 2 N–H and O–H groups in total. The summed E-state index contributed by atoms with van der Waals surface area (Å²) in [6, 6.07) is 5.31. The van der Waals surface area contributed by atoms with E-state index in [2.05, 4.69) is 10.6 Å². The standard InChI is InChI=1S/C17H23N3O3.ClH/c1-11-16(21)19-14-7-3-6-13(15(14)23-11)17(22)20-8-4-5-12(10-20)9-18-2;/h3,6-7,11-12,18H,4-5,8-10H2,1-2H3,(H,19,21);1H. The molecule has 1 aromatic rings. The van der Waals surface area contributed by atoms with Gasteiger partial charge in [0.2, 0.25) is 0 Å². The van der Waals surface area contributed by atoms with Crippen LogP contribution < -0.4 is 15.4 Å². The van der Waals surface area contributed by atoms with Crippen molar-refractivity contribution in [1.82, 2.24) is 10.2 Å². The number of rotatable bonds is 3. The van der Waals surface area contributed by atoms with Crippen molar-refractivity contribution in [3.8, 4) is 5.75 Å². The molecule has 1 fully saturated rings. The number of carbonyl (C=O) groups excluding carboxylic acids is 2. The fraction of sp³-hybridized carbons (Fsp3) is 0.529. The van der Waals surface area contributed by atoms with Crippen molar-refractivity contribution in [3.63, 3.8) is 0 Å². The maximum Gasteiger partial charge on any atom is 0.265 e. The molecule has 2 aliphatic heterocycles. The van der Waals surface area contributed by atoms with Gasteiger partial charge in [0, 0.05) is 13.1 Å². The number of benzene rings is 1. The average molecular weight is 354 g/mol. The van der Waals surface area contributed by atoms with Gasteiger partial charge in [-0.25, -0.2) is 0 Å². The van der Waals surface area contributed by atoms with Crippen molar-refractivity contribution >= 4 is 29.9 Å². The first kappa shape index (κ1) is 18.5. The first-order chi connectivity index (χ1) is 11.1. The largest absolute Gasteiger partial charge is 0.478 e. The first-order valence-corrected chi connectivity index (χ1v) is 8.14. The lowest BCUT2D eigenvalue weighted by molar-refractivity contribution is -0.122. The quantitative estimate of drug-likeness (QED) is 0.870. The van der Waals surface area contributed by atoms with E-state index in [1.807, 2.05) is 11.9 Å². The number of halogens is 1. The Morgan fingerprint density at radius 3 is 3.00 bits per heavy atom. The lowest BCUT2D eigenvalue weighted by atomic mass is 9.97. The Balaban J connectivity index is 0.00000208. The molecule has 0 bridgehead atoms. The van der Waals surface area contributed by atoms with Crippen LogP contribution >= 0.6 is 12.4 Å². The third kappa shape index (κ3) is 3.65. The highest BCUT2D eigenvalue weighted by atomic mass is 35.5. The maximum atomic E-state index is 12.9. The van der Waals surface area contributed by atoms with Crippen LogP contribution in [0.2, 0.25) is 0 Å². The second-order valence-corrected chi connectivity index (χ2v) is 6.25. The van der Waals surface area contributed by atoms with Gasteiger partial charge in [-0.05, 0) is 51.4 Å². The summed E-state index contributed by atoms with van der Waals surface area (Å²) < 4.78 is 5.69. The van der Waals surface area contributed by atoms with Crippen LogP contribution in [0.3, 0.4) is 0 Å². The van der Waals surface area contributed by atoms with Crippen molar-refractivity contribution in [2.45, 2.75) is 25.9 Å². The van der Waals surface area contributed by atoms with Crippen molar-refractivity contribution < 1.29 is 14.3 Å². The van der Waals surface area contributed by atoms with Crippen molar-refractivity contribution in [1.29, 1.82) is 0 Å². The Labute approximate surface area is 148 Å². The molecule has 24 heavy (non-hydrogen) atoms.